The van der Waals surface area contributed by atoms with Gasteiger partial charge in [-0.1, -0.05) is 211 Å². The number of unbranched alkanes of at least 4 members (excludes halogenated alkanes) is 6. The average Bonchev–Trinajstić information content (AvgIpc) is 3.95. The lowest BCUT2D eigenvalue weighted by atomic mass is 9.70. The lowest BCUT2D eigenvalue weighted by Crippen LogP contribution is -2.26. The predicted octanol–water partition coefficient (Wildman–Crippen LogP) is 21.7. The van der Waals surface area contributed by atoms with E-state index < -0.39 is 0 Å². The van der Waals surface area contributed by atoms with Crippen molar-refractivity contribution >= 4 is 45.5 Å². The Morgan fingerprint density at radius 1 is 0.321 bits per heavy atom. The molecule has 0 unspecified atom stereocenters. The molecule has 1 N–H and O–H groups in total. The highest BCUT2D eigenvalue weighted by Gasteiger charge is 2.42. The van der Waals surface area contributed by atoms with E-state index in [9.17, 15) is 0 Å². The highest BCUT2D eigenvalue weighted by Crippen LogP contribution is 2.56. The molecule has 0 aromatic heterocycles. The van der Waals surface area contributed by atoms with Gasteiger partial charge in [-0.05, 0) is 190 Å². The molecule has 12 rings (SSSR count). The number of rotatable bonds is 21. The number of fused-ring (bicyclic) bond motifs is 4. The SMILES string of the molecule is CCCCCCC1(CCCCCC)c2ccccc2-c2ccc(N(c3ccccc3)c3ccc(-c4ccc(N(c5ccc(-c6ccc(Nc7ccccc7)cc6)cc5)c5cccc(-c6ccc7c(c6)CC7)c5)cc4)cc3)cc21. The van der Waals surface area contributed by atoms with E-state index in [4.69, 9.17) is 0 Å². The summed E-state index contributed by atoms with van der Waals surface area (Å²) in [5, 5.41) is 3.52. The summed E-state index contributed by atoms with van der Waals surface area (Å²) in [6.45, 7) is 4.65. The zero-order valence-electron chi connectivity index (χ0n) is 45.5. The van der Waals surface area contributed by atoms with Gasteiger partial charge in [0.05, 0.1) is 0 Å². The summed E-state index contributed by atoms with van der Waals surface area (Å²) in [7, 11) is 0. The molecule has 2 aliphatic carbocycles. The van der Waals surface area contributed by atoms with Crippen LogP contribution in [0.5, 0.6) is 0 Å². The molecule has 0 radical (unpaired) electrons. The summed E-state index contributed by atoms with van der Waals surface area (Å²) in [5.74, 6) is 0. The molecule has 0 amide bonds. The smallest absolute Gasteiger partial charge is 0.0467 e. The van der Waals surface area contributed by atoms with Gasteiger partial charge in [0.15, 0.2) is 0 Å². The fraction of sp³-hybridized carbons (Fsp3) is 0.200. The average molecular weight is 1010 g/mol. The molecule has 386 valence electrons. The molecule has 0 atom stereocenters. The first kappa shape index (κ1) is 50.4. The maximum atomic E-state index is 3.52. The van der Waals surface area contributed by atoms with Gasteiger partial charge in [-0.2, -0.15) is 0 Å². The van der Waals surface area contributed by atoms with Crippen LogP contribution in [0.15, 0.2) is 243 Å². The number of para-hydroxylation sites is 2. The van der Waals surface area contributed by atoms with Crippen molar-refractivity contribution < 1.29 is 0 Å². The molecule has 0 heterocycles. The first-order chi connectivity index (χ1) is 38.5. The van der Waals surface area contributed by atoms with Gasteiger partial charge in [-0.25, -0.2) is 0 Å². The van der Waals surface area contributed by atoms with Gasteiger partial charge < -0.3 is 15.1 Å². The number of hydrogen-bond donors (Lipinski definition) is 1. The Morgan fingerprint density at radius 2 is 0.769 bits per heavy atom. The minimum atomic E-state index is 0.0140. The fourth-order valence-corrected chi connectivity index (χ4v) is 12.5. The van der Waals surface area contributed by atoms with E-state index in [2.05, 4.69) is 266 Å². The molecule has 2 aliphatic rings. The Balaban J connectivity index is 0.855. The molecular formula is C75H71N3. The molecule has 0 saturated carbocycles. The van der Waals surface area contributed by atoms with E-state index in [1.807, 2.05) is 6.07 Å². The Kier molecular flexibility index (Phi) is 14.9. The van der Waals surface area contributed by atoms with Crippen molar-refractivity contribution in [2.24, 2.45) is 0 Å². The minimum absolute atomic E-state index is 0.0140. The Morgan fingerprint density at radius 3 is 1.33 bits per heavy atom. The standard InChI is InChI=1S/C75H71N3/c1-3-5-7-17-50-75(51-18-8-6-4-2)73-27-16-15-26-71(73)72-49-48-70(54-74(72)75)77(65-23-13-10-14-24-65)66-42-36-57(37-43-66)58-38-46-68(47-39-58)78(69-25-19-20-60(53-69)62-31-29-59-28-30-61(59)52-62)67-44-34-56(35-45-67)55-32-40-64(41-33-55)76-63-21-11-9-12-22-63/h9-16,19-27,29,31-49,52-54,76H,3-8,17-18,28,30,50-51H2,1-2H3. The molecule has 78 heavy (non-hydrogen) atoms. The van der Waals surface area contributed by atoms with E-state index in [0.29, 0.717) is 0 Å². The van der Waals surface area contributed by atoms with Crippen LogP contribution < -0.4 is 15.1 Å². The second-order valence-corrected chi connectivity index (χ2v) is 21.7. The first-order valence-electron chi connectivity index (χ1n) is 28.9. The van der Waals surface area contributed by atoms with Crippen LogP contribution in [0, 0.1) is 0 Å². The van der Waals surface area contributed by atoms with E-state index in [1.54, 1.807) is 0 Å². The van der Waals surface area contributed by atoms with Gasteiger partial charge in [-0.15, -0.1) is 0 Å². The van der Waals surface area contributed by atoms with Crippen LogP contribution in [0.1, 0.15) is 100 Å². The first-order valence-corrected chi connectivity index (χ1v) is 28.9. The number of nitrogens with zero attached hydrogens (tertiary/aromatic N) is 2. The van der Waals surface area contributed by atoms with Gasteiger partial charge in [0.2, 0.25) is 0 Å². The maximum Gasteiger partial charge on any atom is 0.0467 e. The van der Waals surface area contributed by atoms with Gasteiger partial charge in [0, 0.05) is 50.9 Å². The number of aryl methyl sites for hydroxylation is 2. The number of nitrogens with one attached hydrogen (secondary N) is 1. The van der Waals surface area contributed by atoms with Crippen LogP contribution >= 0.6 is 0 Å². The van der Waals surface area contributed by atoms with Crippen molar-refractivity contribution in [3.8, 4) is 44.5 Å². The number of anilines is 8. The molecule has 3 heteroatoms. The van der Waals surface area contributed by atoms with Gasteiger partial charge >= 0.3 is 0 Å². The molecule has 0 spiro atoms. The summed E-state index contributed by atoms with van der Waals surface area (Å²) in [5.41, 5.74) is 25.1. The molecule has 0 aliphatic heterocycles. The Hall–Kier alpha value is -8.40. The fourth-order valence-electron chi connectivity index (χ4n) is 12.5. The second-order valence-electron chi connectivity index (χ2n) is 21.7. The van der Waals surface area contributed by atoms with Crippen molar-refractivity contribution in [2.45, 2.75) is 96.3 Å². The highest BCUT2D eigenvalue weighted by atomic mass is 15.1. The summed E-state index contributed by atoms with van der Waals surface area (Å²) in [6, 6.07) is 90.1. The van der Waals surface area contributed by atoms with E-state index in [1.165, 1.54) is 143 Å². The van der Waals surface area contributed by atoms with Gasteiger partial charge in [0.1, 0.15) is 0 Å². The summed E-state index contributed by atoms with van der Waals surface area (Å²) in [4.78, 5) is 4.86. The maximum absolute atomic E-state index is 3.52. The highest BCUT2D eigenvalue weighted by molar-refractivity contribution is 5.87. The lowest BCUT2D eigenvalue weighted by Gasteiger charge is -2.34. The summed E-state index contributed by atoms with van der Waals surface area (Å²) < 4.78 is 0. The van der Waals surface area contributed by atoms with E-state index in [-0.39, 0.29) is 5.41 Å². The Labute approximate surface area is 463 Å². The normalized spacial score (nSPS) is 12.7. The van der Waals surface area contributed by atoms with E-state index >= 15 is 0 Å². The van der Waals surface area contributed by atoms with Gasteiger partial charge in [0.25, 0.3) is 0 Å². The third-order valence-corrected chi connectivity index (χ3v) is 16.7. The predicted molar refractivity (Wildman–Crippen MR) is 333 cm³/mol. The van der Waals surface area contributed by atoms with Crippen molar-refractivity contribution in [3.63, 3.8) is 0 Å². The quantitative estimate of drug-likeness (QED) is 0.0724. The van der Waals surface area contributed by atoms with Crippen LogP contribution in [0.2, 0.25) is 0 Å². The monoisotopic (exact) mass is 1010 g/mol. The molecule has 10 aromatic carbocycles. The third kappa shape index (κ3) is 10.4. The number of hydrogen-bond acceptors (Lipinski definition) is 3. The zero-order valence-corrected chi connectivity index (χ0v) is 45.5. The van der Waals surface area contributed by atoms with Crippen LogP contribution in [0.4, 0.5) is 45.5 Å². The third-order valence-electron chi connectivity index (χ3n) is 16.7. The van der Waals surface area contributed by atoms with Crippen molar-refractivity contribution in [3.05, 3.63) is 265 Å². The van der Waals surface area contributed by atoms with Crippen LogP contribution in [0.25, 0.3) is 44.5 Å². The molecular weight excluding hydrogens is 943 g/mol. The zero-order chi connectivity index (χ0) is 52.7. The van der Waals surface area contributed by atoms with Crippen molar-refractivity contribution in [1.29, 1.82) is 0 Å². The topological polar surface area (TPSA) is 18.5 Å². The van der Waals surface area contributed by atoms with Crippen molar-refractivity contribution in [1.82, 2.24) is 0 Å². The molecule has 0 bridgehead atoms. The van der Waals surface area contributed by atoms with Gasteiger partial charge in [-0.3, -0.25) is 0 Å². The largest absolute Gasteiger partial charge is 0.356 e. The molecule has 0 saturated heterocycles. The van der Waals surface area contributed by atoms with Crippen LogP contribution in [-0.2, 0) is 18.3 Å². The summed E-state index contributed by atoms with van der Waals surface area (Å²) >= 11 is 0. The minimum Gasteiger partial charge on any atom is -0.356 e. The molecule has 10 aromatic rings. The second kappa shape index (κ2) is 23.1. The number of benzene rings is 10. The molecule has 3 nitrogen and oxygen atoms in total. The van der Waals surface area contributed by atoms with Crippen LogP contribution in [-0.4, -0.2) is 0 Å². The van der Waals surface area contributed by atoms with Crippen LogP contribution in [0.3, 0.4) is 0 Å². The van der Waals surface area contributed by atoms with E-state index in [0.717, 1.165) is 46.2 Å². The van der Waals surface area contributed by atoms with Crippen molar-refractivity contribution in [2.75, 3.05) is 15.1 Å². The summed E-state index contributed by atoms with van der Waals surface area (Å²) in [6.07, 6.45) is 14.9. The molecule has 0 fully saturated rings. The Bertz CT molecular complexity index is 3590. The lowest BCUT2D eigenvalue weighted by molar-refractivity contribution is 0.401.